The van der Waals surface area contributed by atoms with Crippen LogP contribution in [0.3, 0.4) is 0 Å². The van der Waals surface area contributed by atoms with Crippen LogP contribution < -0.4 is 5.32 Å². The first-order valence-electron chi connectivity index (χ1n) is 5.99. The number of nitrogens with zero attached hydrogens (tertiary/aromatic N) is 1. The Morgan fingerprint density at radius 3 is 2.78 bits per heavy atom. The van der Waals surface area contributed by atoms with E-state index in [1.54, 1.807) is 0 Å². The van der Waals surface area contributed by atoms with Crippen LogP contribution in [-0.2, 0) is 11.3 Å². The van der Waals surface area contributed by atoms with Crippen LogP contribution in [0, 0.1) is 0 Å². The van der Waals surface area contributed by atoms with E-state index in [2.05, 4.69) is 10.5 Å². The Morgan fingerprint density at radius 2 is 2.22 bits per heavy atom. The third-order valence-corrected chi connectivity index (χ3v) is 2.97. The monoisotopic (exact) mass is 256 g/mol. The minimum atomic E-state index is -0.866. The Kier molecular flexibility index (Phi) is 5.30. The number of nitrogens with one attached hydrogen (secondary N) is 1. The lowest BCUT2D eigenvalue weighted by Gasteiger charge is -2.24. The second kappa shape index (κ2) is 6.51. The van der Waals surface area contributed by atoms with Gasteiger partial charge in [-0.15, -0.1) is 0 Å². The van der Waals surface area contributed by atoms with Gasteiger partial charge in [-0.3, -0.25) is 4.79 Å². The highest BCUT2D eigenvalue weighted by atomic mass is 16.5. The topological polar surface area (TPSA) is 84.6 Å². The lowest BCUT2D eigenvalue weighted by molar-refractivity contribution is 0.0312. The molecule has 0 radical (unpaired) electrons. The Labute approximate surface area is 106 Å². The van der Waals surface area contributed by atoms with Crippen LogP contribution in [0.25, 0.3) is 0 Å². The van der Waals surface area contributed by atoms with Crippen LogP contribution in [0.5, 0.6) is 0 Å². The highest BCUT2D eigenvalue weighted by molar-refractivity contribution is 5.92. The highest BCUT2D eigenvalue weighted by Gasteiger charge is 2.23. The molecule has 1 rings (SSSR count). The first-order chi connectivity index (χ1) is 8.54. The van der Waals surface area contributed by atoms with E-state index in [0.29, 0.717) is 18.6 Å². The molecule has 0 unspecified atom stereocenters. The Balaban J connectivity index is 2.54. The van der Waals surface area contributed by atoms with Crippen LogP contribution in [0.15, 0.2) is 10.6 Å². The number of methoxy groups -OCH3 is 1. The minimum absolute atomic E-state index is 0.191. The lowest BCUT2D eigenvalue weighted by Crippen LogP contribution is -2.42. The van der Waals surface area contributed by atoms with Gasteiger partial charge in [0.1, 0.15) is 6.61 Å². The molecule has 0 aliphatic heterocycles. The Morgan fingerprint density at radius 1 is 1.56 bits per heavy atom. The number of hydrogen-bond donors (Lipinski definition) is 2. The highest BCUT2D eigenvalue weighted by Crippen LogP contribution is 2.13. The Hall–Kier alpha value is -1.40. The molecule has 2 N–H and O–H groups in total. The number of hydrogen-bond acceptors (Lipinski definition) is 5. The van der Waals surface area contributed by atoms with E-state index < -0.39 is 5.60 Å². The van der Waals surface area contributed by atoms with Crippen molar-refractivity contribution >= 4 is 5.91 Å². The first kappa shape index (κ1) is 14.7. The van der Waals surface area contributed by atoms with Gasteiger partial charge in [-0.25, -0.2) is 0 Å². The Bertz CT molecular complexity index is 385. The molecule has 0 aliphatic carbocycles. The molecule has 0 saturated carbocycles. The summed E-state index contributed by atoms with van der Waals surface area (Å²) in [6, 6.07) is 1.52. The number of aromatic nitrogens is 1. The summed E-state index contributed by atoms with van der Waals surface area (Å²) in [5, 5.41) is 16.3. The summed E-state index contributed by atoms with van der Waals surface area (Å²) < 4.78 is 9.78. The van der Waals surface area contributed by atoms with Gasteiger partial charge in [-0.1, -0.05) is 19.0 Å². The molecule has 1 aromatic heterocycles. The van der Waals surface area contributed by atoms with Crippen LogP contribution in [0.4, 0.5) is 0 Å². The predicted molar refractivity (Wildman–Crippen MR) is 65.1 cm³/mol. The normalized spacial score (nSPS) is 11.6. The average Bonchev–Trinajstić information content (AvgIpc) is 2.85. The molecule has 0 fully saturated rings. The van der Waals surface area contributed by atoms with E-state index in [1.807, 2.05) is 13.8 Å². The third-order valence-electron chi connectivity index (χ3n) is 2.97. The van der Waals surface area contributed by atoms with Crippen molar-refractivity contribution in [3.8, 4) is 0 Å². The molecule has 1 aromatic rings. The SMILES string of the molecule is CCC(O)(CC)CNC(=O)c1cc(COC)on1. The third kappa shape index (κ3) is 3.82. The van der Waals surface area contributed by atoms with Gasteiger partial charge in [0.05, 0.1) is 5.60 Å². The molecule has 0 atom stereocenters. The van der Waals surface area contributed by atoms with Gasteiger partial charge in [0.2, 0.25) is 0 Å². The summed E-state index contributed by atoms with van der Waals surface area (Å²) in [5.74, 6) is 0.130. The maximum absolute atomic E-state index is 11.8. The summed E-state index contributed by atoms with van der Waals surface area (Å²) in [6.07, 6.45) is 1.16. The van der Waals surface area contributed by atoms with Crippen LogP contribution in [-0.4, -0.2) is 35.4 Å². The number of carbonyl (C=O) groups is 1. The first-order valence-corrected chi connectivity index (χ1v) is 5.99. The second-order valence-electron chi connectivity index (χ2n) is 4.23. The fourth-order valence-electron chi connectivity index (χ4n) is 1.47. The maximum atomic E-state index is 11.8. The van der Waals surface area contributed by atoms with Crippen molar-refractivity contribution in [2.75, 3.05) is 13.7 Å². The number of ether oxygens (including phenoxy) is 1. The summed E-state index contributed by atoms with van der Waals surface area (Å²) >= 11 is 0. The van der Waals surface area contributed by atoms with E-state index in [4.69, 9.17) is 9.26 Å². The zero-order valence-corrected chi connectivity index (χ0v) is 11.0. The van der Waals surface area contributed by atoms with Crippen LogP contribution in [0.2, 0.25) is 0 Å². The molecule has 6 heteroatoms. The van der Waals surface area contributed by atoms with Gasteiger partial charge in [-0.05, 0) is 12.8 Å². The molecule has 0 saturated heterocycles. The number of amides is 1. The number of rotatable bonds is 7. The molecular formula is C12H20N2O4. The maximum Gasteiger partial charge on any atom is 0.273 e. The van der Waals surface area contributed by atoms with Gasteiger partial charge in [-0.2, -0.15) is 0 Å². The molecule has 0 aliphatic rings. The van der Waals surface area contributed by atoms with Gasteiger partial charge >= 0.3 is 0 Å². The van der Waals surface area contributed by atoms with Crippen molar-refractivity contribution in [1.29, 1.82) is 0 Å². The molecule has 102 valence electrons. The van der Waals surface area contributed by atoms with Crippen molar-refractivity contribution in [2.24, 2.45) is 0 Å². The molecular weight excluding hydrogens is 236 g/mol. The molecule has 0 bridgehead atoms. The van der Waals surface area contributed by atoms with E-state index >= 15 is 0 Å². The largest absolute Gasteiger partial charge is 0.388 e. The number of aliphatic hydroxyl groups is 1. The fraction of sp³-hybridized carbons (Fsp3) is 0.667. The van der Waals surface area contributed by atoms with Gasteiger partial charge < -0.3 is 19.7 Å². The van der Waals surface area contributed by atoms with E-state index in [1.165, 1.54) is 13.2 Å². The van der Waals surface area contributed by atoms with Crippen LogP contribution >= 0.6 is 0 Å². The quantitative estimate of drug-likeness (QED) is 0.763. The van der Waals surface area contributed by atoms with Gasteiger partial charge in [0.25, 0.3) is 5.91 Å². The van der Waals surface area contributed by atoms with E-state index in [0.717, 1.165) is 0 Å². The van der Waals surface area contributed by atoms with Crippen molar-refractivity contribution < 1.29 is 19.2 Å². The van der Waals surface area contributed by atoms with Crippen molar-refractivity contribution in [3.05, 3.63) is 17.5 Å². The zero-order chi connectivity index (χ0) is 13.6. The summed E-state index contributed by atoms with van der Waals surface area (Å²) in [4.78, 5) is 11.8. The van der Waals surface area contributed by atoms with Crippen LogP contribution in [0.1, 0.15) is 42.9 Å². The van der Waals surface area contributed by atoms with E-state index in [9.17, 15) is 9.90 Å². The predicted octanol–water partition coefficient (Wildman–Crippen LogP) is 1.10. The molecule has 0 aromatic carbocycles. The smallest absolute Gasteiger partial charge is 0.273 e. The standard InChI is InChI=1S/C12H20N2O4/c1-4-12(16,5-2)8-13-11(15)10-6-9(7-17-3)18-14-10/h6,16H,4-5,7-8H2,1-3H3,(H,13,15). The molecule has 1 heterocycles. The molecule has 6 nitrogen and oxygen atoms in total. The van der Waals surface area contributed by atoms with Gasteiger partial charge in [0.15, 0.2) is 11.5 Å². The molecule has 1 amide bonds. The zero-order valence-electron chi connectivity index (χ0n) is 11.0. The lowest BCUT2D eigenvalue weighted by atomic mass is 9.97. The van der Waals surface area contributed by atoms with Gasteiger partial charge in [0, 0.05) is 19.7 Å². The van der Waals surface area contributed by atoms with Crippen molar-refractivity contribution in [1.82, 2.24) is 10.5 Å². The molecule has 0 spiro atoms. The van der Waals surface area contributed by atoms with Crippen molar-refractivity contribution in [2.45, 2.75) is 38.9 Å². The summed E-state index contributed by atoms with van der Waals surface area (Å²) in [6.45, 7) is 4.23. The summed E-state index contributed by atoms with van der Waals surface area (Å²) in [7, 11) is 1.53. The second-order valence-corrected chi connectivity index (χ2v) is 4.23. The molecule has 18 heavy (non-hydrogen) atoms. The van der Waals surface area contributed by atoms with Crippen molar-refractivity contribution in [3.63, 3.8) is 0 Å². The summed E-state index contributed by atoms with van der Waals surface area (Å²) in [5.41, 5.74) is -0.675. The number of carbonyl (C=O) groups excluding carboxylic acids is 1. The minimum Gasteiger partial charge on any atom is -0.388 e. The average molecular weight is 256 g/mol. The fourth-order valence-corrected chi connectivity index (χ4v) is 1.47. The van der Waals surface area contributed by atoms with E-state index in [-0.39, 0.29) is 24.8 Å².